The van der Waals surface area contributed by atoms with Crippen LogP contribution >= 0.6 is 0 Å². The van der Waals surface area contributed by atoms with E-state index in [0.717, 1.165) is 71.5 Å². The van der Waals surface area contributed by atoms with Crippen LogP contribution in [0.3, 0.4) is 0 Å². The number of unbranched alkanes of at least 4 members (excludes halogenated alkanes) is 3. The SMILES string of the molecule is CN(C)C(=O)Oc1cccc2c(CCCCCCc3nccc4c(OC(=O)N(C)C)cccc34)nccc12. The van der Waals surface area contributed by atoms with Crippen molar-refractivity contribution in [3.63, 3.8) is 0 Å². The van der Waals surface area contributed by atoms with Crippen LogP contribution in [0.15, 0.2) is 60.9 Å². The van der Waals surface area contributed by atoms with Crippen LogP contribution in [0.1, 0.15) is 37.1 Å². The van der Waals surface area contributed by atoms with E-state index in [1.165, 1.54) is 9.80 Å². The summed E-state index contributed by atoms with van der Waals surface area (Å²) in [5.41, 5.74) is 2.03. The van der Waals surface area contributed by atoms with Gasteiger partial charge in [0.25, 0.3) is 0 Å². The van der Waals surface area contributed by atoms with E-state index in [4.69, 9.17) is 9.47 Å². The predicted octanol–water partition coefficient (Wildman–Crippen LogP) is 6.25. The molecule has 0 saturated heterocycles. The summed E-state index contributed by atoms with van der Waals surface area (Å²) in [6.45, 7) is 0. The zero-order valence-electron chi connectivity index (χ0n) is 22.4. The second-order valence-electron chi connectivity index (χ2n) is 9.66. The van der Waals surface area contributed by atoms with Gasteiger partial charge in [0.2, 0.25) is 0 Å². The van der Waals surface area contributed by atoms with Crippen molar-refractivity contribution in [3.05, 3.63) is 72.3 Å². The third kappa shape index (κ3) is 6.37. The van der Waals surface area contributed by atoms with Crippen molar-refractivity contribution in [2.75, 3.05) is 28.2 Å². The van der Waals surface area contributed by atoms with Crippen molar-refractivity contribution >= 4 is 33.7 Å². The first kappa shape index (κ1) is 26.9. The second-order valence-corrected chi connectivity index (χ2v) is 9.66. The van der Waals surface area contributed by atoms with E-state index < -0.39 is 12.2 Å². The maximum Gasteiger partial charge on any atom is 0.414 e. The summed E-state index contributed by atoms with van der Waals surface area (Å²) in [6.07, 6.45) is 8.65. The Morgan fingerprint density at radius 3 is 1.42 bits per heavy atom. The van der Waals surface area contributed by atoms with Gasteiger partial charge in [-0.3, -0.25) is 9.97 Å². The fourth-order valence-electron chi connectivity index (χ4n) is 4.36. The highest BCUT2D eigenvalue weighted by Crippen LogP contribution is 2.29. The Morgan fingerprint density at radius 2 is 1.03 bits per heavy atom. The standard InChI is InChI=1S/C30H34N4O4/c1-33(2)29(35)37-27-15-9-11-21-23(27)17-19-31-25(21)13-7-5-6-8-14-26-22-12-10-16-28(24(22)18-20-32-26)38-30(36)34(3)4/h9-12,15-20H,5-8,13-14H2,1-4H3. The third-order valence-electron chi connectivity index (χ3n) is 6.40. The van der Waals surface area contributed by atoms with Crippen molar-refractivity contribution in [1.82, 2.24) is 19.8 Å². The molecular formula is C30H34N4O4. The van der Waals surface area contributed by atoms with Gasteiger partial charge in [-0.15, -0.1) is 0 Å². The molecular weight excluding hydrogens is 480 g/mol. The van der Waals surface area contributed by atoms with Crippen LogP contribution in [0.25, 0.3) is 21.5 Å². The Hall–Kier alpha value is -4.20. The van der Waals surface area contributed by atoms with Gasteiger partial charge in [0, 0.05) is 73.5 Å². The van der Waals surface area contributed by atoms with Crippen LogP contribution in [0, 0.1) is 0 Å². The lowest BCUT2D eigenvalue weighted by atomic mass is 10.0. The van der Waals surface area contributed by atoms with E-state index >= 15 is 0 Å². The molecule has 0 aliphatic heterocycles. The van der Waals surface area contributed by atoms with Gasteiger partial charge in [0.1, 0.15) is 11.5 Å². The van der Waals surface area contributed by atoms with Gasteiger partial charge in [0.15, 0.2) is 0 Å². The number of rotatable bonds is 9. The molecule has 0 N–H and O–H groups in total. The summed E-state index contributed by atoms with van der Waals surface area (Å²) in [6, 6.07) is 15.3. The van der Waals surface area contributed by atoms with Gasteiger partial charge in [0.05, 0.1) is 0 Å². The van der Waals surface area contributed by atoms with Gasteiger partial charge in [-0.25, -0.2) is 9.59 Å². The first-order valence-corrected chi connectivity index (χ1v) is 12.9. The highest BCUT2D eigenvalue weighted by atomic mass is 16.6. The molecule has 4 aromatic rings. The molecule has 0 spiro atoms. The number of amides is 2. The highest BCUT2D eigenvalue weighted by molar-refractivity contribution is 5.92. The van der Waals surface area contributed by atoms with Crippen molar-refractivity contribution in [1.29, 1.82) is 0 Å². The molecule has 2 aromatic carbocycles. The van der Waals surface area contributed by atoms with Crippen LogP contribution in [0.5, 0.6) is 11.5 Å². The second kappa shape index (κ2) is 12.4. The van der Waals surface area contributed by atoms with Gasteiger partial charge >= 0.3 is 12.2 Å². The maximum absolute atomic E-state index is 12.0. The molecule has 0 bridgehead atoms. The Balaban J connectivity index is 1.33. The van der Waals surface area contributed by atoms with E-state index in [1.54, 1.807) is 40.6 Å². The van der Waals surface area contributed by atoms with Gasteiger partial charge in [-0.05, 0) is 49.9 Å². The number of benzene rings is 2. The lowest BCUT2D eigenvalue weighted by Crippen LogP contribution is -2.25. The zero-order valence-corrected chi connectivity index (χ0v) is 22.4. The number of fused-ring (bicyclic) bond motifs is 2. The molecule has 0 aliphatic carbocycles. The normalized spacial score (nSPS) is 10.9. The summed E-state index contributed by atoms with van der Waals surface area (Å²) in [5, 5.41) is 3.82. The monoisotopic (exact) mass is 514 g/mol. The van der Waals surface area contributed by atoms with E-state index in [-0.39, 0.29) is 0 Å². The average Bonchev–Trinajstić information content (AvgIpc) is 2.91. The summed E-state index contributed by atoms with van der Waals surface area (Å²) in [5.74, 6) is 1.10. The Labute approximate surface area is 223 Å². The number of aromatic nitrogens is 2. The zero-order chi connectivity index (χ0) is 27.1. The molecule has 2 aromatic heterocycles. The molecule has 0 saturated carbocycles. The van der Waals surface area contributed by atoms with E-state index in [0.29, 0.717) is 11.5 Å². The Kier molecular flexibility index (Phi) is 8.73. The number of carbonyl (C=O) groups is 2. The van der Waals surface area contributed by atoms with Crippen molar-refractivity contribution in [2.24, 2.45) is 0 Å². The maximum atomic E-state index is 12.0. The third-order valence-corrected chi connectivity index (χ3v) is 6.40. The molecule has 0 radical (unpaired) electrons. The highest BCUT2D eigenvalue weighted by Gasteiger charge is 2.13. The lowest BCUT2D eigenvalue weighted by Gasteiger charge is -2.13. The van der Waals surface area contributed by atoms with Crippen LogP contribution in [-0.4, -0.2) is 60.1 Å². The number of hydrogen-bond acceptors (Lipinski definition) is 6. The number of pyridine rings is 2. The quantitative estimate of drug-likeness (QED) is 0.246. The molecule has 8 heteroatoms. The van der Waals surface area contributed by atoms with Crippen molar-refractivity contribution < 1.29 is 19.1 Å². The van der Waals surface area contributed by atoms with Crippen LogP contribution in [0.4, 0.5) is 9.59 Å². The Morgan fingerprint density at radius 1 is 0.605 bits per heavy atom. The molecule has 8 nitrogen and oxygen atoms in total. The fourth-order valence-corrected chi connectivity index (χ4v) is 4.36. The molecule has 0 fully saturated rings. The van der Waals surface area contributed by atoms with E-state index in [9.17, 15) is 9.59 Å². The Bertz CT molecular complexity index is 1330. The molecule has 38 heavy (non-hydrogen) atoms. The van der Waals surface area contributed by atoms with Crippen LogP contribution < -0.4 is 9.47 Å². The first-order chi connectivity index (χ1) is 18.3. The molecule has 198 valence electrons. The van der Waals surface area contributed by atoms with Crippen molar-refractivity contribution in [2.45, 2.75) is 38.5 Å². The molecule has 2 amide bonds. The summed E-state index contributed by atoms with van der Waals surface area (Å²) in [7, 11) is 6.65. The minimum Gasteiger partial charge on any atom is -0.410 e. The molecule has 4 rings (SSSR count). The number of carbonyl (C=O) groups excluding carboxylic acids is 2. The predicted molar refractivity (Wildman–Crippen MR) is 149 cm³/mol. The molecule has 0 unspecified atom stereocenters. The minimum absolute atomic E-state index is 0.401. The molecule has 2 heterocycles. The number of hydrogen-bond donors (Lipinski definition) is 0. The van der Waals surface area contributed by atoms with E-state index in [1.807, 2.05) is 48.5 Å². The van der Waals surface area contributed by atoms with Gasteiger partial charge < -0.3 is 19.3 Å². The summed E-state index contributed by atoms with van der Waals surface area (Å²) < 4.78 is 11.1. The number of nitrogens with zero attached hydrogens (tertiary/aromatic N) is 4. The van der Waals surface area contributed by atoms with Crippen LogP contribution in [-0.2, 0) is 12.8 Å². The average molecular weight is 515 g/mol. The smallest absolute Gasteiger partial charge is 0.410 e. The molecule has 0 atom stereocenters. The number of aryl methyl sites for hydroxylation is 2. The van der Waals surface area contributed by atoms with Crippen molar-refractivity contribution in [3.8, 4) is 11.5 Å². The molecule has 0 aliphatic rings. The largest absolute Gasteiger partial charge is 0.414 e. The van der Waals surface area contributed by atoms with Gasteiger partial charge in [-0.2, -0.15) is 0 Å². The van der Waals surface area contributed by atoms with E-state index in [2.05, 4.69) is 9.97 Å². The summed E-state index contributed by atoms with van der Waals surface area (Å²) >= 11 is 0. The minimum atomic E-state index is -0.401. The van der Waals surface area contributed by atoms with Gasteiger partial charge in [-0.1, -0.05) is 37.1 Å². The first-order valence-electron chi connectivity index (χ1n) is 12.9. The number of ether oxygens (including phenoxy) is 2. The van der Waals surface area contributed by atoms with Crippen LogP contribution in [0.2, 0.25) is 0 Å². The topological polar surface area (TPSA) is 84.9 Å². The fraction of sp³-hybridized carbons (Fsp3) is 0.333. The summed E-state index contributed by atoms with van der Waals surface area (Å²) in [4.78, 5) is 36.1. The lowest BCUT2D eigenvalue weighted by molar-refractivity contribution is 0.171.